The van der Waals surface area contributed by atoms with E-state index in [2.05, 4.69) is 5.32 Å². The molecule has 0 radical (unpaired) electrons. The van der Waals surface area contributed by atoms with E-state index < -0.39 is 34.0 Å². The number of hydrogen-bond donors (Lipinski definition) is 1. The van der Waals surface area contributed by atoms with Crippen LogP contribution in [-0.4, -0.2) is 49.8 Å². The average Bonchev–Trinajstić information content (AvgIpc) is 2.60. The lowest BCUT2D eigenvalue weighted by atomic mass is 10.0. The molecule has 0 aromatic heterocycles. The Bertz CT molecular complexity index is 789. The Hall–Kier alpha value is -1.64. The van der Waals surface area contributed by atoms with Gasteiger partial charge in [0.05, 0.1) is 15.5 Å². The quantitative estimate of drug-likeness (QED) is 0.622. The minimum absolute atomic E-state index is 0.0489. The molecule has 0 saturated carbocycles. The van der Waals surface area contributed by atoms with E-state index >= 15 is 0 Å². The number of esters is 1. The summed E-state index contributed by atoms with van der Waals surface area (Å²) in [7, 11) is -3.75. The molecule has 0 heterocycles. The molecule has 1 rings (SSSR count). The highest BCUT2D eigenvalue weighted by atomic mass is 35.5. The summed E-state index contributed by atoms with van der Waals surface area (Å²) in [6.07, 6.45) is 0.712. The maximum atomic E-state index is 12.6. The van der Waals surface area contributed by atoms with E-state index in [-0.39, 0.29) is 15.5 Å². The molecular formula is C18H27ClN2O5S. The van der Waals surface area contributed by atoms with E-state index in [1.54, 1.807) is 13.8 Å². The Balaban J connectivity index is 2.97. The number of nitrogens with zero attached hydrogens (tertiary/aromatic N) is 1. The third-order valence-electron chi connectivity index (χ3n) is 4.20. The van der Waals surface area contributed by atoms with Gasteiger partial charge in [0.1, 0.15) is 0 Å². The maximum Gasteiger partial charge on any atom is 0.340 e. The first-order valence-electron chi connectivity index (χ1n) is 8.76. The van der Waals surface area contributed by atoms with Crippen molar-refractivity contribution in [2.75, 3.05) is 19.7 Å². The highest BCUT2D eigenvalue weighted by Gasteiger charge is 2.25. The van der Waals surface area contributed by atoms with E-state index in [1.807, 2.05) is 20.8 Å². The minimum atomic E-state index is -3.75. The molecule has 1 aromatic rings. The van der Waals surface area contributed by atoms with Crippen LogP contribution < -0.4 is 5.32 Å². The van der Waals surface area contributed by atoms with E-state index in [0.29, 0.717) is 19.5 Å². The van der Waals surface area contributed by atoms with Crippen molar-refractivity contribution in [1.29, 1.82) is 0 Å². The molecule has 1 N–H and O–H groups in total. The molecule has 0 aliphatic rings. The average molecular weight is 419 g/mol. The van der Waals surface area contributed by atoms with Gasteiger partial charge in [-0.2, -0.15) is 4.31 Å². The zero-order valence-corrected chi connectivity index (χ0v) is 17.9. The van der Waals surface area contributed by atoms with E-state index in [9.17, 15) is 18.0 Å². The topological polar surface area (TPSA) is 92.8 Å². The number of benzene rings is 1. The lowest BCUT2D eigenvalue weighted by molar-refractivity contribution is -0.125. The molecule has 0 saturated heterocycles. The molecule has 1 amide bonds. The number of ether oxygens (including phenoxy) is 1. The molecule has 27 heavy (non-hydrogen) atoms. The molecular weight excluding hydrogens is 392 g/mol. The Morgan fingerprint density at radius 1 is 1.19 bits per heavy atom. The first-order chi connectivity index (χ1) is 12.5. The minimum Gasteiger partial charge on any atom is -0.452 e. The summed E-state index contributed by atoms with van der Waals surface area (Å²) in [6, 6.07) is 3.84. The number of rotatable bonds is 9. The molecule has 0 unspecified atom stereocenters. The molecule has 0 fully saturated rings. The normalized spacial score (nSPS) is 12.1. The summed E-state index contributed by atoms with van der Waals surface area (Å²) in [6.45, 7) is 9.20. The van der Waals surface area contributed by atoms with Crippen molar-refractivity contribution in [3.63, 3.8) is 0 Å². The van der Waals surface area contributed by atoms with Crippen LogP contribution in [0.15, 0.2) is 23.1 Å². The van der Waals surface area contributed by atoms with Crippen LogP contribution >= 0.6 is 11.6 Å². The SMILES string of the molecule is CCN(CC)S(=O)(=O)c1ccc(Cl)c(C(=O)OCC(=O)NC(C)(C)CC)c1. The van der Waals surface area contributed by atoms with Gasteiger partial charge in [0.15, 0.2) is 6.61 Å². The van der Waals surface area contributed by atoms with Gasteiger partial charge in [-0.3, -0.25) is 4.79 Å². The molecule has 9 heteroatoms. The zero-order chi connectivity index (χ0) is 20.8. The number of carbonyl (C=O) groups is 2. The van der Waals surface area contributed by atoms with Crippen LogP contribution in [0.4, 0.5) is 0 Å². The predicted octanol–water partition coefficient (Wildman–Crippen LogP) is 2.83. The summed E-state index contributed by atoms with van der Waals surface area (Å²) >= 11 is 6.02. The lowest BCUT2D eigenvalue weighted by Gasteiger charge is -2.24. The molecule has 0 spiro atoms. The molecule has 0 atom stereocenters. The van der Waals surface area contributed by atoms with Gasteiger partial charge in [0, 0.05) is 18.6 Å². The van der Waals surface area contributed by atoms with Crippen molar-refractivity contribution in [2.45, 2.75) is 51.5 Å². The second-order valence-electron chi connectivity index (χ2n) is 6.59. The standard InChI is InChI=1S/C18H27ClN2O5S/c1-6-18(4,5)20-16(22)12-26-17(23)14-11-13(9-10-15(14)19)27(24,25)21(7-2)8-3/h9-11H,6-8,12H2,1-5H3,(H,20,22). The fourth-order valence-electron chi connectivity index (χ4n) is 2.24. The molecule has 152 valence electrons. The second-order valence-corrected chi connectivity index (χ2v) is 8.94. The maximum absolute atomic E-state index is 12.6. The zero-order valence-electron chi connectivity index (χ0n) is 16.3. The van der Waals surface area contributed by atoms with Crippen molar-refractivity contribution in [1.82, 2.24) is 9.62 Å². The van der Waals surface area contributed by atoms with Gasteiger partial charge in [-0.15, -0.1) is 0 Å². The monoisotopic (exact) mass is 418 g/mol. The van der Waals surface area contributed by atoms with E-state index in [4.69, 9.17) is 16.3 Å². The van der Waals surface area contributed by atoms with Crippen LogP contribution in [-0.2, 0) is 19.6 Å². The molecule has 0 aliphatic carbocycles. The third-order valence-corrected chi connectivity index (χ3v) is 6.57. The summed E-state index contributed by atoms with van der Waals surface area (Å²) in [5, 5.41) is 2.79. The highest BCUT2D eigenvalue weighted by molar-refractivity contribution is 7.89. The fourth-order valence-corrected chi connectivity index (χ4v) is 3.92. The molecule has 0 bridgehead atoms. The first-order valence-corrected chi connectivity index (χ1v) is 10.6. The Labute approximate surface area is 166 Å². The smallest absolute Gasteiger partial charge is 0.340 e. The number of carbonyl (C=O) groups excluding carboxylic acids is 2. The number of amides is 1. The van der Waals surface area contributed by atoms with Gasteiger partial charge < -0.3 is 10.1 Å². The van der Waals surface area contributed by atoms with E-state index in [1.165, 1.54) is 22.5 Å². The van der Waals surface area contributed by atoms with E-state index in [0.717, 1.165) is 0 Å². The largest absolute Gasteiger partial charge is 0.452 e. The Morgan fingerprint density at radius 2 is 1.78 bits per heavy atom. The van der Waals surface area contributed by atoms with Crippen molar-refractivity contribution >= 4 is 33.5 Å². The highest BCUT2D eigenvalue weighted by Crippen LogP contribution is 2.23. The number of hydrogen-bond acceptors (Lipinski definition) is 5. The van der Waals surface area contributed by atoms with Crippen molar-refractivity contribution in [3.05, 3.63) is 28.8 Å². The van der Waals surface area contributed by atoms with Crippen LogP contribution in [0.2, 0.25) is 5.02 Å². The van der Waals surface area contributed by atoms with Gasteiger partial charge in [-0.05, 0) is 38.5 Å². The van der Waals surface area contributed by atoms with Crippen molar-refractivity contribution in [3.8, 4) is 0 Å². The van der Waals surface area contributed by atoms with Crippen LogP contribution in [0.25, 0.3) is 0 Å². The fraction of sp³-hybridized carbons (Fsp3) is 0.556. The number of sulfonamides is 1. The van der Waals surface area contributed by atoms with Gasteiger partial charge in [-0.25, -0.2) is 13.2 Å². The third kappa shape index (κ3) is 6.19. The second kappa shape index (κ2) is 9.52. The number of nitrogens with one attached hydrogen (secondary N) is 1. The van der Waals surface area contributed by atoms with Crippen molar-refractivity contribution in [2.24, 2.45) is 0 Å². The molecule has 7 nitrogen and oxygen atoms in total. The van der Waals surface area contributed by atoms with Crippen LogP contribution in [0, 0.1) is 0 Å². The molecule has 1 aromatic carbocycles. The van der Waals surface area contributed by atoms with Crippen LogP contribution in [0.1, 0.15) is 51.4 Å². The van der Waals surface area contributed by atoms with Gasteiger partial charge in [0.2, 0.25) is 10.0 Å². The van der Waals surface area contributed by atoms with Gasteiger partial charge in [-0.1, -0.05) is 32.4 Å². The summed E-state index contributed by atoms with van der Waals surface area (Å²) < 4.78 is 31.5. The van der Waals surface area contributed by atoms with Crippen LogP contribution in [0.5, 0.6) is 0 Å². The summed E-state index contributed by atoms with van der Waals surface area (Å²) in [5.74, 6) is -1.31. The Kier molecular flexibility index (Phi) is 8.25. The van der Waals surface area contributed by atoms with Crippen molar-refractivity contribution < 1.29 is 22.7 Å². The first kappa shape index (κ1) is 23.4. The molecule has 0 aliphatic heterocycles. The lowest BCUT2D eigenvalue weighted by Crippen LogP contribution is -2.44. The van der Waals surface area contributed by atoms with Gasteiger partial charge >= 0.3 is 5.97 Å². The number of halogens is 1. The van der Waals surface area contributed by atoms with Crippen LogP contribution in [0.3, 0.4) is 0 Å². The Morgan fingerprint density at radius 3 is 2.30 bits per heavy atom. The van der Waals surface area contributed by atoms with Gasteiger partial charge in [0.25, 0.3) is 5.91 Å². The predicted molar refractivity (Wildman–Crippen MR) is 104 cm³/mol. The summed E-state index contributed by atoms with van der Waals surface area (Å²) in [4.78, 5) is 24.1. The summed E-state index contributed by atoms with van der Waals surface area (Å²) in [5.41, 5.74) is -0.522.